The topological polar surface area (TPSA) is 12.0 Å². The van der Waals surface area contributed by atoms with Gasteiger partial charge in [-0.25, -0.2) is 4.39 Å². The van der Waals surface area contributed by atoms with Gasteiger partial charge in [-0.1, -0.05) is 0 Å². The molecule has 0 atom stereocenters. The molecule has 0 heterocycles. The molecule has 0 saturated heterocycles. The fourth-order valence-electron chi connectivity index (χ4n) is 1.02. The van der Waals surface area contributed by atoms with Crippen molar-refractivity contribution in [3.05, 3.63) is 28.5 Å². The lowest BCUT2D eigenvalue weighted by molar-refractivity contribution is 0.627. The molecule has 0 aliphatic carbocycles. The van der Waals surface area contributed by atoms with Crippen LogP contribution in [0.25, 0.3) is 0 Å². The third-order valence-electron chi connectivity index (χ3n) is 1.67. The van der Waals surface area contributed by atoms with Crippen molar-refractivity contribution in [1.29, 1.82) is 0 Å². The Morgan fingerprint density at radius 1 is 1.50 bits per heavy atom. The maximum absolute atomic E-state index is 12.7. The normalized spacial score (nSPS) is 9.07. The van der Waals surface area contributed by atoms with Crippen LogP contribution in [-0.2, 0) is 0 Å². The van der Waals surface area contributed by atoms with Crippen LogP contribution in [-0.4, -0.2) is 6.54 Å². The van der Waals surface area contributed by atoms with Crippen LogP contribution in [0.15, 0.2) is 22.7 Å². The fraction of sp³-hybridized carbons (Fsp3) is 0.273. The molecular weight excluding hydrogens is 245 g/mol. The summed E-state index contributed by atoms with van der Waals surface area (Å²) >= 11 is 3.28. The molecule has 0 fully saturated rings. The lowest BCUT2D eigenvalue weighted by atomic mass is 10.3. The highest BCUT2D eigenvalue weighted by Crippen LogP contribution is 2.22. The molecule has 0 unspecified atom stereocenters. The van der Waals surface area contributed by atoms with Gasteiger partial charge in [-0.3, -0.25) is 0 Å². The van der Waals surface area contributed by atoms with Crippen molar-refractivity contribution in [3.63, 3.8) is 0 Å². The van der Waals surface area contributed by atoms with E-state index in [-0.39, 0.29) is 5.82 Å². The molecule has 14 heavy (non-hydrogen) atoms. The van der Waals surface area contributed by atoms with E-state index in [2.05, 4.69) is 33.1 Å². The molecule has 0 bridgehead atoms. The summed E-state index contributed by atoms with van der Waals surface area (Å²) in [7, 11) is 0. The number of anilines is 1. The summed E-state index contributed by atoms with van der Waals surface area (Å²) in [5, 5.41) is 3.16. The van der Waals surface area contributed by atoms with Crippen molar-refractivity contribution in [3.8, 4) is 11.8 Å². The van der Waals surface area contributed by atoms with Crippen molar-refractivity contribution >= 4 is 21.6 Å². The highest BCUT2D eigenvalue weighted by Gasteiger charge is 1.99. The molecule has 1 N–H and O–H groups in total. The van der Waals surface area contributed by atoms with Gasteiger partial charge < -0.3 is 5.32 Å². The van der Waals surface area contributed by atoms with Crippen LogP contribution in [0.1, 0.15) is 13.3 Å². The van der Waals surface area contributed by atoms with E-state index < -0.39 is 0 Å². The minimum absolute atomic E-state index is 0.240. The molecule has 74 valence electrons. The number of hydrogen-bond donors (Lipinski definition) is 1. The SMILES string of the molecule is CC#CCCNc1ccc(F)cc1Br. The zero-order valence-corrected chi connectivity index (χ0v) is 9.49. The average Bonchev–Trinajstić information content (AvgIpc) is 2.15. The molecular formula is C11H11BrFN. The third-order valence-corrected chi connectivity index (χ3v) is 2.33. The maximum atomic E-state index is 12.7. The van der Waals surface area contributed by atoms with Crippen LogP contribution in [0.2, 0.25) is 0 Å². The van der Waals surface area contributed by atoms with E-state index in [4.69, 9.17) is 0 Å². The van der Waals surface area contributed by atoms with E-state index in [1.54, 1.807) is 6.07 Å². The molecule has 0 aliphatic heterocycles. The van der Waals surface area contributed by atoms with Gasteiger partial charge in [-0.2, -0.15) is 0 Å². The summed E-state index contributed by atoms with van der Waals surface area (Å²) in [6, 6.07) is 4.57. The zero-order valence-electron chi connectivity index (χ0n) is 7.90. The van der Waals surface area contributed by atoms with Gasteiger partial charge in [0.25, 0.3) is 0 Å². The Bertz CT molecular complexity index is 365. The smallest absolute Gasteiger partial charge is 0.124 e. The van der Waals surface area contributed by atoms with Crippen LogP contribution < -0.4 is 5.32 Å². The minimum Gasteiger partial charge on any atom is -0.383 e. The number of halogens is 2. The molecule has 1 rings (SSSR count). The van der Waals surface area contributed by atoms with E-state index in [1.807, 2.05) is 6.92 Å². The molecule has 0 saturated carbocycles. The summed E-state index contributed by atoms with van der Waals surface area (Å²) in [5.74, 6) is 5.52. The molecule has 0 spiro atoms. The first-order chi connectivity index (χ1) is 6.74. The summed E-state index contributed by atoms with van der Waals surface area (Å²) in [6.45, 7) is 2.58. The van der Waals surface area contributed by atoms with E-state index in [9.17, 15) is 4.39 Å². The van der Waals surface area contributed by atoms with Gasteiger partial charge in [0, 0.05) is 23.1 Å². The van der Waals surface area contributed by atoms with Crippen LogP contribution in [0.5, 0.6) is 0 Å². The highest BCUT2D eigenvalue weighted by atomic mass is 79.9. The van der Waals surface area contributed by atoms with Crippen molar-refractivity contribution in [2.45, 2.75) is 13.3 Å². The predicted molar refractivity (Wildman–Crippen MR) is 60.7 cm³/mol. The molecule has 0 aromatic heterocycles. The average molecular weight is 256 g/mol. The van der Waals surface area contributed by atoms with Crippen LogP contribution >= 0.6 is 15.9 Å². The van der Waals surface area contributed by atoms with E-state index in [1.165, 1.54) is 12.1 Å². The van der Waals surface area contributed by atoms with Crippen LogP contribution in [0.4, 0.5) is 10.1 Å². The standard InChI is InChI=1S/C11H11BrFN/c1-2-3-4-7-14-11-6-5-9(13)8-10(11)12/h5-6,8,14H,4,7H2,1H3. The lowest BCUT2D eigenvalue weighted by Gasteiger charge is -2.06. The van der Waals surface area contributed by atoms with Gasteiger partial charge in [-0.15, -0.1) is 11.8 Å². The van der Waals surface area contributed by atoms with Crippen molar-refractivity contribution < 1.29 is 4.39 Å². The van der Waals surface area contributed by atoms with Crippen molar-refractivity contribution in [1.82, 2.24) is 0 Å². The Labute approximate surface area is 91.8 Å². The lowest BCUT2D eigenvalue weighted by Crippen LogP contribution is -2.00. The van der Waals surface area contributed by atoms with E-state index >= 15 is 0 Å². The van der Waals surface area contributed by atoms with Crippen molar-refractivity contribution in [2.75, 3.05) is 11.9 Å². The van der Waals surface area contributed by atoms with Gasteiger partial charge in [0.15, 0.2) is 0 Å². The molecule has 1 aromatic carbocycles. The summed E-state index contributed by atoms with van der Waals surface area (Å²) in [4.78, 5) is 0. The number of rotatable bonds is 3. The van der Waals surface area contributed by atoms with Gasteiger partial charge in [-0.05, 0) is 41.1 Å². The second-order valence-electron chi connectivity index (χ2n) is 2.73. The largest absolute Gasteiger partial charge is 0.383 e. The van der Waals surface area contributed by atoms with Gasteiger partial charge in [0.2, 0.25) is 0 Å². The molecule has 1 nitrogen and oxygen atoms in total. The van der Waals surface area contributed by atoms with Crippen molar-refractivity contribution in [2.24, 2.45) is 0 Å². The maximum Gasteiger partial charge on any atom is 0.124 e. The Balaban J connectivity index is 2.53. The van der Waals surface area contributed by atoms with Crippen LogP contribution in [0, 0.1) is 17.7 Å². The fourth-order valence-corrected chi connectivity index (χ4v) is 1.51. The Hall–Kier alpha value is -1.01. The predicted octanol–water partition coefficient (Wildman–Crippen LogP) is 3.41. The zero-order chi connectivity index (χ0) is 10.4. The Morgan fingerprint density at radius 3 is 2.93 bits per heavy atom. The quantitative estimate of drug-likeness (QED) is 0.645. The van der Waals surface area contributed by atoms with E-state index in [0.29, 0.717) is 0 Å². The Morgan fingerprint density at radius 2 is 2.29 bits per heavy atom. The van der Waals surface area contributed by atoms with E-state index in [0.717, 1.165) is 23.1 Å². The molecule has 0 amide bonds. The first-order valence-electron chi connectivity index (χ1n) is 4.32. The first kappa shape index (κ1) is 11.1. The molecule has 0 radical (unpaired) electrons. The minimum atomic E-state index is -0.240. The Kier molecular flexibility index (Phi) is 4.48. The first-order valence-corrected chi connectivity index (χ1v) is 5.12. The second kappa shape index (κ2) is 5.66. The van der Waals surface area contributed by atoms with Gasteiger partial charge in [0.1, 0.15) is 5.82 Å². The van der Waals surface area contributed by atoms with Gasteiger partial charge >= 0.3 is 0 Å². The number of benzene rings is 1. The van der Waals surface area contributed by atoms with Gasteiger partial charge in [0.05, 0.1) is 0 Å². The number of nitrogens with one attached hydrogen (secondary N) is 1. The summed E-state index contributed by atoms with van der Waals surface area (Å²) in [5.41, 5.74) is 0.893. The number of hydrogen-bond acceptors (Lipinski definition) is 1. The molecule has 3 heteroatoms. The summed E-state index contributed by atoms with van der Waals surface area (Å²) < 4.78 is 13.4. The molecule has 1 aromatic rings. The van der Waals surface area contributed by atoms with Crippen LogP contribution in [0.3, 0.4) is 0 Å². The second-order valence-corrected chi connectivity index (χ2v) is 3.58. The third kappa shape index (κ3) is 3.39. The highest BCUT2D eigenvalue weighted by molar-refractivity contribution is 9.10. The summed E-state index contributed by atoms with van der Waals surface area (Å²) in [6.07, 6.45) is 0.792. The monoisotopic (exact) mass is 255 g/mol. The molecule has 0 aliphatic rings.